The Kier molecular flexibility index (Phi) is 6.59. The van der Waals surface area contributed by atoms with Gasteiger partial charge in [0.15, 0.2) is 6.61 Å². The monoisotopic (exact) mass is 455 g/mol. The predicted octanol–water partition coefficient (Wildman–Crippen LogP) is 5.75. The highest BCUT2D eigenvalue weighted by atomic mass is 35.5. The highest BCUT2D eigenvalue weighted by Gasteiger charge is 2.23. The molecule has 1 N–H and O–H groups in total. The van der Waals surface area contributed by atoms with Crippen molar-refractivity contribution in [3.63, 3.8) is 0 Å². The normalized spacial score (nSPS) is 12.7. The van der Waals surface area contributed by atoms with Crippen molar-refractivity contribution in [2.45, 2.75) is 25.7 Å². The zero-order valence-corrected chi connectivity index (χ0v) is 18.6. The molecule has 1 aromatic heterocycles. The number of methoxy groups -OCH3 is 1. The number of aryl methyl sites for hydroxylation is 2. The van der Waals surface area contributed by atoms with Crippen LogP contribution in [-0.2, 0) is 22.4 Å². The van der Waals surface area contributed by atoms with E-state index >= 15 is 0 Å². The van der Waals surface area contributed by atoms with Gasteiger partial charge in [-0.15, -0.1) is 11.3 Å². The fraction of sp³-hybridized carbons (Fsp3) is 0.250. The Labute approximate surface area is 190 Å². The Morgan fingerprint density at radius 1 is 1.10 bits per heavy atom. The summed E-state index contributed by atoms with van der Waals surface area (Å²) in [6.45, 7) is -0.201. The summed E-state index contributed by atoms with van der Waals surface area (Å²) < 4.78 is 10.5. The smallest absolute Gasteiger partial charge is 0.341 e. The average Bonchev–Trinajstić information content (AvgIpc) is 3.20. The van der Waals surface area contributed by atoms with Gasteiger partial charge >= 0.3 is 5.97 Å². The molecule has 3 aromatic rings. The third-order valence-corrected chi connectivity index (χ3v) is 6.39. The zero-order valence-electron chi connectivity index (χ0n) is 17.1. The minimum atomic E-state index is -0.486. The third kappa shape index (κ3) is 4.92. The molecule has 0 atom stereocenters. The van der Waals surface area contributed by atoms with E-state index in [-0.39, 0.29) is 12.5 Å². The third-order valence-electron chi connectivity index (χ3n) is 5.26. The molecule has 1 aliphatic rings. The Morgan fingerprint density at radius 3 is 2.68 bits per heavy atom. The van der Waals surface area contributed by atoms with Crippen LogP contribution in [0.3, 0.4) is 0 Å². The molecule has 0 unspecified atom stereocenters. The molecule has 0 spiro atoms. The molecule has 31 heavy (non-hydrogen) atoms. The van der Waals surface area contributed by atoms with Crippen molar-refractivity contribution < 1.29 is 19.1 Å². The molecule has 1 heterocycles. The van der Waals surface area contributed by atoms with E-state index in [1.54, 1.807) is 24.3 Å². The maximum atomic E-state index is 12.6. The number of hydrogen-bond acceptors (Lipinski definition) is 5. The van der Waals surface area contributed by atoms with E-state index in [0.29, 0.717) is 21.3 Å². The molecule has 0 saturated carbocycles. The van der Waals surface area contributed by atoms with Gasteiger partial charge in [-0.3, -0.25) is 4.79 Å². The van der Waals surface area contributed by atoms with Gasteiger partial charge in [0.2, 0.25) is 0 Å². The van der Waals surface area contributed by atoms with Crippen LogP contribution >= 0.6 is 22.9 Å². The van der Waals surface area contributed by atoms with Crippen LogP contribution in [0.25, 0.3) is 11.1 Å². The molecule has 2 aromatic carbocycles. The van der Waals surface area contributed by atoms with Gasteiger partial charge in [-0.25, -0.2) is 4.79 Å². The van der Waals surface area contributed by atoms with Crippen molar-refractivity contribution in [3.8, 4) is 16.9 Å². The van der Waals surface area contributed by atoms with E-state index in [2.05, 4.69) is 17.4 Å². The lowest BCUT2D eigenvalue weighted by molar-refractivity contribution is -0.118. The number of carbonyl (C=O) groups is 2. The quantitative estimate of drug-likeness (QED) is 0.480. The average molecular weight is 456 g/mol. The maximum Gasteiger partial charge on any atom is 0.341 e. The first-order chi connectivity index (χ1) is 15.0. The molecule has 0 bridgehead atoms. The molecule has 160 valence electrons. The van der Waals surface area contributed by atoms with E-state index < -0.39 is 5.97 Å². The van der Waals surface area contributed by atoms with Crippen LogP contribution in [-0.4, -0.2) is 25.6 Å². The largest absolute Gasteiger partial charge is 0.484 e. The van der Waals surface area contributed by atoms with Gasteiger partial charge in [-0.1, -0.05) is 35.9 Å². The molecule has 5 nitrogen and oxygen atoms in total. The van der Waals surface area contributed by atoms with Crippen molar-refractivity contribution in [3.05, 3.63) is 69.6 Å². The molecule has 4 rings (SSSR count). The lowest BCUT2D eigenvalue weighted by Gasteiger charge is -2.16. The summed E-state index contributed by atoms with van der Waals surface area (Å²) in [5.74, 6) is -0.360. The number of esters is 1. The molecular formula is C24H22ClNO4S. The van der Waals surface area contributed by atoms with Crippen LogP contribution in [0.2, 0.25) is 5.02 Å². The number of nitrogens with one attached hydrogen (secondary N) is 1. The number of rotatable bonds is 6. The Balaban J connectivity index is 1.55. The zero-order chi connectivity index (χ0) is 21.8. The van der Waals surface area contributed by atoms with Gasteiger partial charge in [0, 0.05) is 16.0 Å². The first kappa shape index (κ1) is 21.4. The van der Waals surface area contributed by atoms with Crippen molar-refractivity contribution in [1.82, 2.24) is 0 Å². The number of halogens is 1. The van der Waals surface area contributed by atoms with Crippen molar-refractivity contribution in [1.29, 1.82) is 0 Å². The van der Waals surface area contributed by atoms with Gasteiger partial charge < -0.3 is 14.8 Å². The number of hydrogen-bond donors (Lipinski definition) is 1. The highest BCUT2D eigenvalue weighted by Crippen LogP contribution is 2.37. The minimum Gasteiger partial charge on any atom is -0.484 e. The Hall–Kier alpha value is -2.83. The fourth-order valence-corrected chi connectivity index (χ4v) is 4.89. The second-order valence-corrected chi connectivity index (χ2v) is 8.65. The lowest BCUT2D eigenvalue weighted by atomic mass is 9.89. The molecule has 0 fully saturated rings. The summed E-state index contributed by atoms with van der Waals surface area (Å²) in [5, 5.41) is 5.63. The standard InChI is InChI=1S/C24H22ClNO4S/c1-29-24(28)22-20(17-10-9-15-5-2-3-6-16(15)11-17)14-31-23(22)26-21(27)13-30-19-8-4-7-18(25)12-19/h4,7-12,14H,2-3,5-6,13H2,1H3,(H,26,27). The molecule has 0 saturated heterocycles. The second kappa shape index (κ2) is 9.54. The Bertz CT molecular complexity index is 1120. The first-order valence-corrected chi connectivity index (χ1v) is 11.3. The Morgan fingerprint density at radius 2 is 1.90 bits per heavy atom. The molecule has 7 heteroatoms. The number of benzene rings is 2. The molecule has 1 aliphatic carbocycles. The van der Waals surface area contributed by atoms with E-state index in [0.717, 1.165) is 24.0 Å². The van der Waals surface area contributed by atoms with E-state index in [4.69, 9.17) is 21.1 Å². The lowest BCUT2D eigenvalue weighted by Crippen LogP contribution is -2.21. The number of fused-ring (bicyclic) bond motifs is 1. The van der Waals surface area contributed by atoms with E-state index in [1.807, 2.05) is 11.4 Å². The molecule has 1 amide bonds. The van der Waals surface area contributed by atoms with E-state index in [1.165, 1.54) is 42.4 Å². The van der Waals surface area contributed by atoms with Crippen LogP contribution in [0.15, 0.2) is 47.8 Å². The topological polar surface area (TPSA) is 64.6 Å². The van der Waals surface area contributed by atoms with Crippen LogP contribution in [0, 0.1) is 0 Å². The fourth-order valence-electron chi connectivity index (χ4n) is 3.74. The first-order valence-electron chi connectivity index (χ1n) is 10.1. The van der Waals surface area contributed by atoms with Gasteiger partial charge in [-0.05, 0) is 60.6 Å². The number of thiophene rings is 1. The minimum absolute atomic E-state index is 0.201. The van der Waals surface area contributed by atoms with Gasteiger partial charge in [0.05, 0.1) is 7.11 Å². The SMILES string of the molecule is COC(=O)c1c(-c2ccc3c(c2)CCCC3)csc1NC(=O)COc1cccc(Cl)c1. The molecular weight excluding hydrogens is 434 g/mol. The molecule has 0 aliphatic heterocycles. The summed E-state index contributed by atoms with van der Waals surface area (Å²) >= 11 is 7.23. The van der Waals surface area contributed by atoms with Gasteiger partial charge in [-0.2, -0.15) is 0 Å². The second-order valence-electron chi connectivity index (χ2n) is 7.33. The summed E-state index contributed by atoms with van der Waals surface area (Å²) in [5.41, 5.74) is 4.77. The maximum absolute atomic E-state index is 12.6. The van der Waals surface area contributed by atoms with Crippen molar-refractivity contribution in [2.24, 2.45) is 0 Å². The van der Waals surface area contributed by atoms with Crippen molar-refractivity contribution >= 4 is 39.8 Å². The summed E-state index contributed by atoms with van der Waals surface area (Å²) in [6, 6.07) is 13.1. The molecule has 0 radical (unpaired) electrons. The predicted molar refractivity (Wildman–Crippen MR) is 123 cm³/mol. The highest BCUT2D eigenvalue weighted by molar-refractivity contribution is 7.15. The van der Waals surface area contributed by atoms with Crippen LogP contribution in [0.1, 0.15) is 34.3 Å². The number of anilines is 1. The number of ether oxygens (including phenoxy) is 2. The van der Waals surface area contributed by atoms with Crippen LogP contribution < -0.4 is 10.1 Å². The van der Waals surface area contributed by atoms with Gasteiger partial charge in [0.1, 0.15) is 16.3 Å². The summed E-state index contributed by atoms with van der Waals surface area (Å²) in [7, 11) is 1.34. The summed E-state index contributed by atoms with van der Waals surface area (Å²) in [4.78, 5) is 25.0. The van der Waals surface area contributed by atoms with Gasteiger partial charge in [0.25, 0.3) is 5.91 Å². The van der Waals surface area contributed by atoms with Crippen LogP contribution in [0.5, 0.6) is 5.75 Å². The van der Waals surface area contributed by atoms with Crippen LogP contribution in [0.4, 0.5) is 5.00 Å². The number of carbonyl (C=O) groups excluding carboxylic acids is 2. The van der Waals surface area contributed by atoms with Crippen molar-refractivity contribution in [2.75, 3.05) is 19.0 Å². The number of amides is 1. The summed E-state index contributed by atoms with van der Waals surface area (Å²) in [6.07, 6.45) is 4.53. The van der Waals surface area contributed by atoms with E-state index in [9.17, 15) is 9.59 Å².